The predicted molar refractivity (Wildman–Crippen MR) is 107 cm³/mol. The van der Waals surface area contributed by atoms with E-state index in [4.69, 9.17) is 4.74 Å². The summed E-state index contributed by atoms with van der Waals surface area (Å²) in [6.07, 6.45) is 0. The normalized spacial score (nSPS) is 14.2. The van der Waals surface area contributed by atoms with Crippen molar-refractivity contribution in [1.29, 1.82) is 0 Å². The van der Waals surface area contributed by atoms with Gasteiger partial charge in [-0.2, -0.15) is 0 Å². The maximum Gasteiger partial charge on any atom is 0.275 e. The molecule has 3 aromatic carbocycles. The first-order chi connectivity index (χ1) is 12.6. The molecule has 0 radical (unpaired) electrons. The van der Waals surface area contributed by atoms with E-state index in [0.29, 0.717) is 11.4 Å². The third-order valence-electron chi connectivity index (χ3n) is 4.07. The van der Waals surface area contributed by atoms with Crippen LogP contribution in [0.25, 0.3) is 0 Å². The highest BCUT2D eigenvalue weighted by molar-refractivity contribution is 9.10. The number of aliphatic imine (C=N–C) groups is 1. The van der Waals surface area contributed by atoms with Gasteiger partial charge in [0.1, 0.15) is 17.2 Å². The molecule has 0 bridgehead atoms. The molecule has 0 aromatic heterocycles. The summed E-state index contributed by atoms with van der Waals surface area (Å²) < 4.78 is 6.74. The van der Waals surface area contributed by atoms with Crippen molar-refractivity contribution >= 4 is 38.9 Å². The third-order valence-corrected chi connectivity index (χ3v) is 4.93. The van der Waals surface area contributed by atoms with E-state index < -0.39 is 0 Å². The molecule has 0 atom stereocenters. The lowest BCUT2D eigenvalue weighted by molar-refractivity contribution is -0.110. The molecule has 0 saturated heterocycles. The van der Waals surface area contributed by atoms with Gasteiger partial charge in [-0.25, -0.2) is 4.99 Å². The first-order valence-electron chi connectivity index (χ1n) is 8.14. The molecule has 0 saturated carbocycles. The van der Waals surface area contributed by atoms with Crippen LogP contribution in [0.4, 0.5) is 11.4 Å². The number of carbonyl (C=O) groups is 1. The minimum Gasteiger partial charge on any atom is -0.457 e. The first kappa shape index (κ1) is 16.5. The second kappa shape index (κ2) is 6.77. The number of anilines is 1. The summed E-state index contributed by atoms with van der Waals surface area (Å²) in [5.74, 6) is 1.30. The van der Waals surface area contributed by atoms with Crippen LogP contribution in [-0.4, -0.2) is 11.6 Å². The van der Waals surface area contributed by atoms with E-state index in [-0.39, 0.29) is 5.91 Å². The number of nitrogens with zero attached hydrogens (tertiary/aromatic N) is 1. The molecule has 0 spiro atoms. The fourth-order valence-electron chi connectivity index (χ4n) is 2.74. The number of aryl methyl sites for hydroxylation is 1. The van der Waals surface area contributed by atoms with E-state index in [0.717, 1.165) is 32.8 Å². The van der Waals surface area contributed by atoms with Gasteiger partial charge in [0.25, 0.3) is 5.91 Å². The SMILES string of the molecule is Cc1cc2c(cc1Br)NC(=O)C2=Nc1ccc(Oc2ccccc2)cc1. The Morgan fingerprint density at radius 1 is 0.962 bits per heavy atom. The molecule has 3 aromatic rings. The summed E-state index contributed by atoms with van der Waals surface area (Å²) >= 11 is 3.49. The fraction of sp³-hybridized carbons (Fsp3) is 0.0476. The maximum atomic E-state index is 12.3. The van der Waals surface area contributed by atoms with Gasteiger partial charge >= 0.3 is 0 Å². The highest BCUT2D eigenvalue weighted by Crippen LogP contribution is 2.31. The van der Waals surface area contributed by atoms with Gasteiger partial charge < -0.3 is 10.1 Å². The highest BCUT2D eigenvalue weighted by Gasteiger charge is 2.26. The molecular formula is C21H15BrN2O2. The Morgan fingerprint density at radius 2 is 1.65 bits per heavy atom. The topological polar surface area (TPSA) is 50.7 Å². The zero-order valence-corrected chi connectivity index (χ0v) is 15.6. The predicted octanol–water partition coefficient (Wildman–Crippen LogP) is 5.62. The molecular weight excluding hydrogens is 392 g/mol. The largest absolute Gasteiger partial charge is 0.457 e. The number of halogens is 1. The number of fused-ring (bicyclic) bond motifs is 1. The number of ether oxygens (including phenoxy) is 1. The molecule has 1 aliphatic rings. The Bertz CT molecular complexity index is 1010. The summed E-state index contributed by atoms with van der Waals surface area (Å²) in [6, 6.07) is 20.8. The average molecular weight is 407 g/mol. The second-order valence-corrected chi connectivity index (χ2v) is 6.82. The van der Waals surface area contributed by atoms with Crippen molar-refractivity contribution in [1.82, 2.24) is 0 Å². The number of amides is 1. The molecule has 128 valence electrons. The fourth-order valence-corrected chi connectivity index (χ4v) is 3.08. The molecule has 5 heteroatoms. The van der Waals surface area contributed by atoms with Crippen LogP contribution in [0.15, 0.2) is 76.2 Å². The molecule has 1 N–H and O–H groups in total. The van der Waals surface area contributed by atoms with Crippen LogP contribution in [0.3, 0.4) is 0 Å². The van der Waals surface area contributed by atoms with Gasteiger partial charge in [-0.3, -0.25) is 4.79 Å². The molecule has 1 aliphatic heterocycles. The molecule has 4 nitrogen and oxygen atoms in total. The lowest BCUT2D eigenvalue weighted by atomic mass is 10.1. The molecule has 26 heavy (non-hydrogen) atoms. The van der Waals surface area contributed by atoms with E-state index in [9.17, 15) is 4.79 Å². The minimum absolute atomic E-state index is 0.192. The van der Waals surface area contributed by atoms with E-state index in [2.05, 4.69) is 26.2 Å². The second-order valence-electron chi connectivity index (χ2n) is 5.97. The van der Waals surface area contributed by atoms with Gasteiger partial charge in [0.2, 0.25) is 0 Å². The van der Waals surface area contributed by atoms with Gasteiger partial charge in [0.15, 0.2) is 0 Å². The number of hydrogen-bond donors (Lipinski definition) is 1. The Morgan fingerprint density at radius 3 is 2.38 bits per heavy atom. The van der Waals surface area contributed by atoms with Gasteiger partial charge in [-0.15, -0.1) is 0 Å². The Hall–Kier alpha value is -2.92. The number of rotatable bonds is 3. The van der Waals surface area contributed by atoms with Crippen molar-refractivity contribution in [3.8, 4) is 11.5 Å². The standard InChI is InChI=1S/C21H15BrN2O2/c1-13-11-17-19(12-18(13)22)24-21(25)20(17)23-14-7-9-16(10-8-14)26-15-5-3-2-4-6-15/h2-12H,1H3,(H,23,24,25). The Balaban J connectivity index is 1.61. The van der Waals surface area contributed by atoms with Crippen LogP contribution in [0.5, 0.6) is 11.5 Å². The number of hydrogen-bond acceptors (Lipinski definition) is 3. The number of nitrogens with one attached hydrogen (secondary N) is 1. The smallest absolute Gasteiger partial charge is 0.275 e. The van der Waals surface area contributed by atoms with E-state index in [1.54, 1.807) is 0 Å². The molecule has 1 amide bonds. The number of para-hydroxylation sites is 1. The highest BCUT2D eigenvalue weighted by atomic mass is 79.9. The van der Waals surface area contributed by atoms with E-state index in [1.807, 2.05) is 73.7 Å². The monoisotopic (exact) mass is 406 g/mol. The van der Waals surface area contributed by atoms with Crippen molar-refractivity contribution in [3.63, 3.8) is 0 Å². The van der Waals surface area contributed by atoms with E-state index in [1.165, 1.54) is 0 Å². The summed E-state index contributed by atoms with van der Waals surface area (Å²) in [6.45, 7) is 1.99. The Labute approximate surface area is 159 Å². The summed E-state index contributed by atoms with van der Waals surface area (Å²) in [5, 5.41) is 2.86. The quantitative estimate of drug-likeness (QED) is 0.613. The van der Waals surface area contributed by atoms with Crippen LogP contribution in [-0.2, 0) is 4.79 Å². The van der Waals surface area contributed by atoms with Crippen LogP contribution in [0.1, 0.15) is 11.1 Å². The first-order valence-corrected chi connectivity index (χ1v) is 8.93. The number of carbonyl (C=O) groups excluding carboxylic acids is 1. The van der Waals surface area contributed by atoms with Crippen LogP contribution in [0.2, 0.25) is 0 Å². The van der Waals surface area contributed by atoms with Crippen LogP contribution >= 0.6 is 15.9 Å². The lowest BCUT2D eigenvalue weighted by Crippen LogP contribution is -2.13. The minimum atomic E-state index is -0.192. The van der Waals surface area contributed by atoms with Crippen molar-refractivity contribution < 1.29 is 9.53 Å². The molecule has 1 heterocycles. The van der Waals surface area contributed by atoms with Crippen molar-refractivity contribution in [2.45, 2.75) is 6.92 Å². The van der Waals surface area contributed by atoms with E-state index >= 15 is 0 Å². The lowest BCUT2D eigenvalue weighted by Gasteiger charge is -2.06. The van der Waals surface area contributed by atoms with Gasteiger partial charge in [0, 0.05) is 10.0 Å². The molecule has 0 aliphatic carbocycles. The zero-order valence-electron chi connectivity index (χ0n) is 14.0. The molecule has 0 fully saturated rings. The van der Waals surface area contributed by atoms with Crippen molar-refractivity contribution in [3.05, 3.63) is 82.3 Å². The summed E-state index contributed by atoms with van der Waals surface area (Å²) in [7, 11) is 0. The maximum absolute atomic E-state index is 12.3. The Kier molecular flexibility index (Phi) is 4.31. The molecule has 0 unspecified atom stereocenters. The van der Waals surface area contributed by atoms with Crippen molar-refractivity contribution in [2.24, 2.45) is 4.99 Å². The number of benzene rings is 3. The van der Waals surface area contributed by atoms with Gasteiger partial charge in [-0.1, -0.05) is 34.1 Å². The van der Waals surface area contributed by atoms with Crippen molar-refractivity contribution in [2.75, 3.05) is 5.32 Å². The van der Waals surface area contributed by atoms with Crippen LogP contribution in [0, 0.1) is 6.92 Å². The van der Waals surface area contributed by atoms with Gasteiger partial charge in [0.05, 0.1) is 11.4 Å². The third kappa shape index (κ3) is 3.26. The molecule has 4 rings (SSSR count). The summed E-state index contributed by atoms with van der Waals surface area (Å²) in [5.41, 5.74) is 3.77. The van der Waals surface area contributed by atoms with Gasteiger partial charge in [-0.05, 0) is 61.0 Å². The van der Waals surface area contributed by atoms with Crippen LogP contribution < -0.4 is 10.1 Å². The average Bonchev–Trinajstić information content (AvgIpc) is 2.93. The summed E-state index contributed by atoms with van der Waals surface area (Å²) in [4.78, 5) is 16.8. The zero-order chi connectivity index (χ0) is 18.1.